The SMILES string of the molecule is CN(C)C(=O)C1CCCN(C(=O)c2ccc(C3SCCCS3)cc2)C1. The average molecular weight is 379 g/mol. The smallest absolute Gasteiger partial charge is 0.253 e. The lowest BCUT2D eigenvalue weighted by molar-refractivity contribution is -0.134. The van der Waals surface area contributed by atoms with Gasteiger partial charge in [-0.15, -0.1) is 23.5 Å². The molecule has 2 aliphatic rings. The van der Waals surface area contributed by atoms with Crippen molar-refractivity contribution in [2.45, 2.75) is 23.8 Å². The van der Waals surface area contributed by atoms with E-state index in [9.17, 15) is 9.59 Å². The first kappa shape index (κ1) is 18.6. The van der Waals surface area contributed by atoms with Gasteiger partial charge in [0.1, 0.15) is 0 Å². The molecule has 0 bridgehead atoms. The molecule has 25 heavy (non-hydrogen) atoms. The standard InChI is InChI=1S/C19H26N2O2S2/c1-20(2)17(22)16-5-3-10-21(13-16)18(23)14-6-8-15(9-7-14)19-24-11-4-12-25-19/h6-9,16,19H,3-5,10-13H2,1-2H3. The highest BCUT2D eigenvalue weighted by Gasteiger charge is 2.29. The fourth-order valence-corrected chi connectivity index (χ4v) is 6.27. The van der Waals surface area contributed by atoms with E-state index in [0.29, 0.717) is 11.1 Å². The molecule has 1 aromatic carbocycles. The van der Waals surface area contributed by atoms with Gasteiger partial charge in [0.25, 0.3) is 5.91 Å². The molecule has 1 unspecified atom stereocenters. The normalized spacial score (nSPS) is 21.8. The molecule has 0 aliphatic carbocycles. The van der Waals surface area contributed by atoms with Crippen LogP contribution in [-0.2, 0) is 4.79 Å². The second-order valence-electron chi connectivity index (χ2n) is 6.87. The summed E-state index contributed by atoms with van der Waals surface area (Å²) in [6, 6.07) is 8.08. The Balaban J connectivity index is 1.64. The van der Waals surface area contributed by atoms with E-state index in [0.717, 1.165) is 24.9 Å². The van der Waals surface area contributed by atoms with Gasteiger partial charge in [0.05, 0.1) is 10.5 Å². The number of rotatable bonds is 3. The van der Waals surface area contributed by atoms with Crippen molar-refractivity contribution in [2.24, 2.45) is 5.92 Å². The Hall–Kier alpha value is -1.14. The molecule has 1 aromatic rings. The fraction of sp³-hybridized carbons (Fsp3) is 0.579. The molecule has 4 nitrogen and oxygen atoms in total. The van der Waals surface area contributed by atoms with E-state index in [-0.39, 0.29) is 17.7 Å². The zero-order valence-corrected chi connectivity index (χ0v) is 16.6. The Morgan fingerprint density at radius 2 is 1.76 bits per heavy atom. The van der Waals surface area contributed by atoms with Crippen LogP contribution < -0.4 is 0 Å². The van der Waals surface area contributed by atoms with E-state index in [1.807, 2.05) is 40.6 Å². The van der Waals surface area contributed by atoms with Gasteiger partial charge in [0.2, 0.25) is 5.91 Å². The van der Waals surface area contributed by atoms with Gasteiger partial charge in [-0.3, -0.25) is 9.59 Å². The Kier molecular flexibility index (Phi) is 6.34. The van der Waals surface area contributed by atoms with Crippen molar-refractivity contribution < 1.29 is 9.59 Å². The van der Waals surface area contributed by atoms with Gasteiger partial charge in [0.15, 0.2) is 0 Å². The van der Waals surface area contributed by atoms with Crippen LogP contribution in [0.5, 0.6) is 0 Å². The van der Waals surface area contributed by atoms with Crippen LogP contribution in [0.1, 0.15) is 39.8 Å². The van der Waals surface area contributed by atoms with E-state index in [1.54, 1.807) is 19.0 Å². The van der Waals surface area contributed by atoms with Gasteiger partial charge in [-0.25, -0.2) is 0 Å². The summed E-state index contributed by atoms with van der Waals surface area (Å²) in [6.45, 7) is 1.28. The van der Waals surface area contributed by atoms with Gasteiger partial charge in [-0.05, 0) is 48.5 Å². The number of hydrogen-bond acceptors (Lipinski definition) is 4. The minimum atomic E-state index is -0.0676. The number of amides is 2. The Labute approximate surface area is 158 Å². The minimum Gasteiger partial charge on any atom is -0.349 e. The molecule has 1 atom stereocenters. The van der Waals surface area contributed by atoms with Gasteiger partial charge in [-0.2, -0.15) is 0 Å². The van der Waals surface area contributed by atoms with Crippen molar-refractivity contribution in [3.8, 4) is 0 Å². The topological polar surface area (TPSA) is 40.6 Å². The predicted molar refractivity (Wildman–Crippen MR) is 106 cm³/mol. The lowest BCUT2D eigenvalue weighted by atomic mass is 9.96. The average Bonchev–Trinajstić information content (AvgIpc) is 2.67. The van der Waals surface area contributed by atoms with Gasteiger partial charge >= 0.3 is 0 Å². The van der Waals surface area contributed by atoms with Crippen molar-refractivity contribution in [2.75, 3.05) is 38.7 Å². The van der Waals surface area contributed by atoms with Crippen LogP contribution in [0.3, 0.4) is 0 Å². The Morgan fingerprint density at radius 3 is 2.40 bits per heavy atom. The third kappa shape index (κ3) is 4.53. The molecule has 0 N–H and O–H groups in total. The molecule has 3 rings (SSSR count). The second-order valence-corrected chi connectivity index (χ2v) is 9.60. The molecule has 0 aromatic heterocycles. The van der Waals surface area contributed by atoms with Gasteiger partial charge in [0, 0.05) is 32.7 Å². The number of thioether (sulfide) groups is 2. The third-order valence-corrected chi connectivity index (χ3v) is 7.77. The lowest BCUT2D eigenvalue weighted by Gasteiger charge is -2.33. The molecule has 2 fully saturated rings. The first-order chi connectivity index (χ1) is 12.1. The van der Waals surface area contributed by atoms with Gasteiger partial charge in [-0.1, -0.05) is 12.1 Å². The molecule has 0 spiro atoms. The summed E-state index contributed by atoms with van der Waals surface area (Å²) >= 11 is 3.98. The minimum absolute atomic E-state index is 0.0479. The molecule has 0 radical (unpaired) electrons. The number of hydrogen-bond donors (Lipinski definition) is 0. The summed E-state index contributed by atoms with van der Waals surface area (Å²) < 4.78 is 0.495. The van der Waals surface area contributed by atoms with Crippen molar-refractivity contribution in [3.05, 3.63) is 35.4 Å². The molecule has 136 valence electrons. The molecular weight excluding hydrogens is 352 g/mol. The van der Waals surface area contributed by atoms with E-state index >= 15 is 0 Å². The Bertz CT molecular complexity index is 612. The molecule has 0 saturated carbocycles. The van der Waals surface area contributed by atoms with E-state index in [4.69, 9.17) is 0 Å². The quantitative estimate of drug-likeness (QED) is 0.807. The van der Waals surface area contributed by atoms with Crippen LogP contribution in [0.4, 0.5) is 0 Å². The maximum Gasteiger partial charge on any atom is 0.253 e. The molecule has 2 saturated heterocycles. The highest BCUT2D eigenvalue weighted by molar-refractivity contribution is 8.16. The number of benzene rings is 1. The maximum absolute atomic E-state index is 12.8. The summed E-state index contributed by atoms with van der Waals surface area (Å²) in [5.41, 5.74) is 2.03. The lowest BCUT2D eigenvalue weighted by Crippen LogP contribution is -2.45. The fourth-order valence-electron chi connectivity index (χ4n) is 3.37. The summed E-state index contributed by atoms with van der Waals surface area (Å²) in [5.74, 6) is 2.54. The second kappa shape index (κ2) is 8.49. The monoisotopic (exact) mass is 378 g/mol. The van der Waals surface area contributed by atoms with Crippen molar-refractivity contribution in [3.63, 3.8) is 0 Å². The summed E-state index contributed by atoms with van der Waals surface area (Å²) in [6.07, 6.45) is 3.05. The molecule has 2 aliphatic heterocycles. The molecule has 6 heteroatoms. The molecule has 2 heterocycles. The number of piperidine rings is 1. The Morgan fingerprint density at radius 1 is 1.08 bits per heavy atom. The van der Waals surface area contributed by atoms with Crippen LogP contribution >= 0.6 is 23.5 Å². The van der Waals surface area contributed by atoms with Crippen LogP contribution in [0.25, 0.3) is 0 Å². The van der Waals surface area contributed by atoms with Crippen LogP contribution in [-0.4, -0.2) is 60.3 Å². The first-order valence-electron chi connectivity index (χ1n) is 8.90. The van der Waals surface area contributed by atoms with Crippen molar-refractivity contribution >= 4 is 35.3 Å². The van der Waals surface area contributed by atoms with E-state index < -0.39 is 0 Å². The predicted octanol–water partition coefficient (Wildman–Crippen LogP) is 3.50. The molecule has 2 amide bonds. The first-order valence-corrected chi connectivity index (χ1v) is 11.0. The highest BCUT2D eigenvalue weighted by Crippen LogP contribution is 2.43. The maximum atomic E-state index is 12.8. The zero-order valence-electron chi connectivity index (χ0n) is 14.9. The van der Waals surface area contributed by atoms with Crippen LogP contribution in [0, 0.1) is 5.92 Å². The molecular formula is C19H26N2O2S2. The van der Waals surface area contributed by atoms with Gasteiger partial charge < -0.3 is 9.80 Å². The number of carbonyl (C=O) groups excluding carboxylic acids is 2. The van der Waals surface area contributed by atoms with Crippen LogP contribution in [0.2, 0.25) is 0 Å². The van der Waals surface area contributed by atoms with Crippen LogP contribution in [0.15, 0.2) is 24.3 Å². The zero-order chi connectivity index (χ0) is 17.8. The van der Waals surface area contributed by atoms with E-state index in [2.05, 4.69) is 12.1 Å². The van der Waals surface area contributed by atoms with Crippen molar-refractivity contribution in [1.29, 1.82) is 0 Å². The van der Waals surface area contributed by atoms with Crippen molar-refractivity contribution in [1.82, 2.24) is 9.80 Å². The number of likely N-dealkylation sites (tertiary alicyclic amines) is 1. The third-order valence-electron chi connectivity index (χ3n) is 4.76. The summed E-state index contributed by atoms with van der Waals surface area (Å²) in [4.78, 5) is 28.5. The largest absolute Gasteiger partial charge is 0.349 e. The number of nitrogens with zero attached hydrogens (tertiary/aromatic N) is 2. The number of carbonyl (C=O) groups is 2. The summed E-state index contributed by atoms with van der Waals surface area (Å²) in [5, 5.41) is 0. The van der Waals surface area contributed by atoms with E-state index in [1.165, 1.54) is 23.5 Å². The highest BCUT2D eigenvalue weighted by atomic mass is 32.2. The summed E-state index contributed by atoms with van der Waals surface area (Å²) in [7, 11) is 3.56.